The van der Waals surface area contributed by atoms with Gasteiger partial charge in [-0.05, 0) is 37.3 Å². The monoisotopic (exact) mass is 246 g/mol. The summed E-state index contributed by atoms with van der Waals surface area (Å²) in [5.74, 6) is 0.615. The van der Waals surface area contributed by atoms with E-state index in [2.05, 4.69) is 5.32 Å². The molecule has 1 aliphatic rings. The molecule has 1 amide bonds. The summed E-state index contributed by atoms with van der Waals surface area (Å²) in [7, 11) is 0. The van der Waals surface area contributed by atoms with Crippen molar-refractivity contribution in [3.05, 3.63) is 29.3 Å². The summed E-state index contributed by atoms with van der Waals surface area (Å²) in [6, 6.07) is 5.58. The van der Waals surface area contributed by atoms with Crippen LogP contribution in [0.25, 0.3) is 0 Å². The van der Waals surface area contributed by atoms with Crippen LogP contribution in [0.5, 0.6) is 0 Å². The van der Waals surface area contributed by atoms with E-state index in [1.807, 2.05) is 19.1 Å². The van der Waals surface area contributed by atoms with Crippen LogP contribution in [-0.2, 0) is 0 Å². The van der Waals surface area contributed by atoms with Crippen LogP contribution < -0.4 is 11.1 Å². The summed E-state index contributed by atoms with van der Waals surface area (Å²) in [6.45, 7) is 2.71. The van der Waals surface area contributed by atoms with Gasteiger partial charge in [-0.15, -0.1) is 0 Å². The zero-order chi connectivity index (χ0) is 13.0. The normalized spacial score (nSPS) is 16.5. The van der Waals surface area contributed by atoms with Crippen LogP contribution in [0.3, 0.4) is 0 Å². The van der Waals surface area contributed by atoms with Gasteiger partial charge in [0.1, 0.15) is 0 Å². The van der Waals surface area contributed by atoms with Crippen molar-refractivity contribution in [2.45, 2.75) is 39.0 Å². The summed E-state index contributed by atoms with van der Waals surface area (Å²) in [6.07, 6.45) is 6.42. The lowest BCUT2D eigenvalue weighted by Gasteiger charge is -2.22. The minimum atomic E-state index is -0.0313. The molecular weight excluding hydrogens is 224 g/mol. The van der Waals surface area contributed by atoms with Gasteiger partial charge >= 0.3 is 0 Å². The van der Waals surface area contributed by atoms with Crippen LogP contribution in [0.2, 0.25) is 0 Å². The average molecular weight is 246 g/mol. The molecule has 0 atom stereocenters. The van der Waals surface area contributed by atoms with Gasteiger partial charge in [0.05, 0.1) is 5.56 Å². The highest BCUT2D eigenvalue weighted by atomic mass is 16.1. The van der Waals surface area contributed by atoms with E-state index < -0.39 is 0 Å². The third-order valence-electron chi connectivity index (χ3n) is 3.81. The van der Waals surface area contributed by atoms with Crippen molar-refractivity contribution >= 4 is 11.6 Å². The van der Waals surface area contributed by atoms with Crippen molar-refractivity contribution in [2.75, 3.05) is 12.3 Å². The maximum atomic E-state index is 12.1. The van der Waals surface area contributed by atoms with Crippen molar-refractivity contribution in [1.82, 2.24) is 5.32 Å². The number of amides is 1. The highest BCUT2D eigenvalue weighted by molar-refractivity contribution is 6.00. The van der Waals surface area contributed by atoms with Crippen molar-refractivity contribution in [3.8, 4) is 0 Å². The Bertz CT molecular complexity index is 402. The van der Waals surface area contributed by atoms with E-state index in [1.54, 1.807) is 6.07 Å². The van der Waals surface area contributed by atoms with E-state index >= 15 is 0 Å². The van der Waals surface area contributed by atoms with Crippen LogP contribution >= 0.6 is 0 Å². The molecule has 0 unspecified atom stereocenters. The average Bonchev–Trinajstić information content (AvgIpc) is 2.37. The highest BCUT2D eigenvalue weighted by Gasteiger charge is 2.16. The maximum Gasteiger partial charge on any atom is 0.253 e. The molecule has 0 spiro atoms. The molecule has 1 aromatic carbocycles. The van der Waals surface area contributed by atoms with Gasteiger partial charge in [0, 0.05) is 12.2 Å². The van der Waals surface area contributed by atoms with Gasteiger partial charge in [-0.25, -0.2) is 0 Å². The molecule has 1 aromatic rings. The first-order chi connectivity index (χ1) is 8.68. The standard InChI is InChI=1S/C15H22N2O/c1-11-6-5-9-13(16)14(11)15(18)17-10-12-7-3-2-4-8-12/h5-6,9,12H,2-4,7-8,10,16H2,1H3,(H,17,18). The van der Waals surface area contributed by atoms with Crippen LogP contribution in [-0.4, -0.2) is 12.5 Å². The third-order valence-corrected chi connectivity index (χ3v) is 3.81. The zero-order valence-corrected chi connectivity index (χ0v) is 11.0. The van der Waals surface area contributed by atoms with Gasteiger partial charge in [-0.2, -0.15) is 0 Å². The Morgan fingerprint density at radius 3 is 2.72 bits per heavy atom. The van der Waals surface area contributed by atoms with E-state index in [-0.39, 0.29) is 5.91 Å². The second-order valence-corrected chi connectivity index (χ2v) is 5.25. The van der Waals surface area contributed by atoms with Gasteiger partial charge in [-0.3, -0.25) is 4.79 Å². The molecule has 3 nitrogen and oxygen atoms in total. The molecule has 1 saturated carbocycles. The van der Waals surface area contributed by atoms with E-state index in [9.17, 15) is 4.79 Å². The van der Waals surface area contributed by atoms with Gasteiger partial charge < -0.3 is 11.1 Å². The molecule has 18 heavy (non-hydrogen) atoms. The molecule has 1 fully saturated rings. The van der Waals surface area contributed by atoms with E-state index in [0.29, 0.717) is 17.2 Å². The topological polar surface area (TPSA) is 55.1 Å². The van der Waals surface area contributed by atoms with E-state index in [0.717, 1.165) is 12.1 Å². The Morgan fingerprint density at radius 1 is 1.33 bits per heavy atom. The predicted octanol–water partition coefficient (Wildman–Crippen LogP) is 2.89. The second kappa shape index (κ2) is 5.89. The summed E-state index contributed by atoms with van der Waals surface area (Å²) in [4.78, 5) is 12.1. The molecule has 0 aliphatic heterocycles. The smallest absolute Gasteiger partial charge is 0.253 e. The number of carbonyl (C=O) groups excluding carboxylic acids is 1. The fourth-order valence-electron chi connectivity index (χ4n) is 2.72. The molecule has 0 radical (unpaired) electrons. The Balaban J connectivity index is 1.95. The largest absolute Gasteiger partial charge is 0.398 e. The second-order valence-electron chi connectivity index (χ2n) is 5.25. The minimum Gasteiger partial charge on any atom is -0.398 e. The zero-order valence-electron chi connectivity index (χ0n) is 11.0. The van der Waals surface area contributed by atoms with E-state index in [1.165, 1.54) is 32.1 Å². The summed E-state index contributed by atoms with van der Waals surface area (Å²) in [5.41, 5.74) is 8.01. The summed E-state index contributed by atoms with van der Waals surface area (Å²) < 4.78 is 0. The predicted molar refractivity (Wildman–Crippen MR) is 74.5 cm³/mol. The number of aryl methyl sites for hydroxylation is 1. The van der Waals surface area contributed by atoms with Crippen LogP contribution in [0, 0.1) is 12.8 Å². The Hall–Kier alpha value is -1.51. The SMILES string of the molecule is Cc1cccc(N)c1C(=O)NCC1CCCCC1. The first-order valence-electron chi connectivity index (χ1n) is 6.82. The summed E-state index contributed by atoms with van der Waals surface area (Å²) >= 11 is 0. The molecule has 0 bridgehead atoms. The first-order valence-corrected chi connectivity index (χ1v) is 6.82. The minimum absolute atomic E-state index is 0.0313. The summed E-state index contributed by atoms with van der Waals surface area (Å²) in [5, 5.41) is 3.03. The fraction of sp³-hybridized carbons (Fsp3) is 0.533. The quantitative estimate of drug-likeness (QED) is 0.806. The number of carbonyl (C=O) groups is 1. The Morgan fingerprint density at radius 2 is 2.06 bits per heavy atom. The lowest BCUT2D eigenvalue weighted by molar-refractivity contribution is 0.0944. The lowest BCUT2D eigenvalue weighted by Crippen LogP contribution is -2.31. The van der Waals surface area contributed by atoms with Crippen molar-refractivity contribution in [3.63, 3.8) is 0 Å². The van der Waals surface area contributed by atoms with Crippen LogP contribution in [0.1, 0.15) is 48.0 Å². The van der Waals surface area contributed by atoms with Gasteiger partial charge in [-0.1, -0.05) is 31.4 Å². The van der Waals surface area contributed by atoms with Crippen molar-refractivity contribution < 1.29 is 4.79 Å². The molecule has 0 saturated heterocycles. The van der Waals surface area contributed by atoms with Gasteiger partial charge in [0.15, 0.2) is 0 Å². The fourth-order valence-corrected chi connectivity index (χ4v) is 2.72. The molecule has 2 rings (SSSR count). The molecule has 0 aromatic heterocycles. The molecule has 1 aliphatic carbocycles. The third kappa shape index (κ3) is 3.03. The number of nitrogen functional groups attached to an aromatic ring is 1. The molecule has 3 heteroatoms. The van der Waals surface area contributed by atoms with E-state index in [4.69, 9.17) is 5.73 Å². The van der Waals surface area contributed by atoms with Crippen LogP contribution in [0.4, 0.5) is 5.69 Å². The number of nitrogens with one attached hydrogen (secondary N) is 1. The number of hydrogen-bond acceptors (Lipinski definition) is 2. The molecule has 0 heterocycles. The Labute approximate surface area is 109 Å². The molecular formula is C15H22N2O. The van der Waals surface area contributed by atoms with Crippen molar-refractivity contribution in [1.29, 1.82) is 0 Å². The maximum absolute atomic E-state index is 12.1. The highest BCUT2D eigenvalue weighted by Crippen LogP contribution is 2.23. The Kier molecular flexibility index (Phi) is 4.24. The molecule has 98 valence electrons. The number of benzene rings is 1. The van der Waals surface area contributed by atoms with Gasteiger partial charge in [0.2, 0.25) is 0 Å². The number of rotatable bonds is 3. The molecule has 3 N–H and O–H groups in total. The number of nitrogens with two attached hydrogens (primary N) is 1. The number of anilines is 1. The lowest BCUT2D eigenvalue weighted by atomic mass is 9.89. The first kappa shape index (κ1) is 12.9. The van der Waals surface area contributed by atoms with Crippen molar-refractivity contribution in [2.24, 2.45) is 5.92 Å². The van der Waals surface area contributed by atoms with Crippen LogP contribution in [0.15, 0.2) is 18.2 Å². The van der Waals surface area contributed by atoms with Gasteiger partial charge in [0.25, 0.3) is 5.91 Å². The number of hydrogen-bond donors (Lipinski definition) is 2.